The van der Waals surface area contributed by atoms with Crippen molar-refractivity contribution in [2.75, 3.05) is 0 Å². The summed E-state index contributed by atoms with van der Waals surface area (Å²) in [5, 5.41) is 0. The third-order valence-corrected chi connectivity index (χ3v) is 2.63. The van der Waals surface area contributed by atoms with Gasteiger partial charge in [0.2, 0.25) is 0 Å². The average molecular weight is 320 g/mol. The summed E-state index contributed by atoms with van der Waals surface area (Å²) >= 11 is 0. The lowest BCUT2D eigenvalue weighted by Crippen LogP contribution is -2.11. The Labute approximate surface area is 119 Å². The van der Waals surface area contributed by atoms with E-state index in [9.17, 15) is 31.1 Å². The van der Waals surface area contributed by atoms with Crippen LogP contribution >= 0.6 is 0 Å². The molecule has 22 heavy (non-hydrogen) atoms. The Morgan fingerprint density at radius 3 is 1.32 bits per heavy atom. The molecule has 2 aromatic rings. The van der Waals surface area contributed by atoms with Crippen LogP contribution in [0.3, 0.4) is 0 Å². The van der Waals surface area contributed by atoms with Gasteiger partial charge in [0.15, 0.2) is 5.78 Å². The molecule has 116 valence electrons. The molecule has 0 aliphatic rings. The molecular weight excluding hydrogens is 314 g/mol. The number of halogens is 6. The number of hydrogen-bond acceptors (Lipinski definition) is 3. The summed E-state index contributed by atoms with van der Waals surface area (Å²) in [5.41, 5.74) is -2.71. The van der Waals surface area contributed by atoms with E-state index in [1.54, 1.807) is 0 Å². The Morgan fingerprint density at radius 2 is 1.09 bits per heavy atom. The molecule has 0 unspecified atom stereocenters. The third kappa shape index (κ3) is 3.41. The molecule has 2 heterocycles. The lowest BCUT2D eigenvalue weighted by Gasteiger charge is -2.07. The van der Waals surface area contributed by atoms with Gasteiger partial charge in [0, 0.05) is 23.5 Å². The molecule has 0 bridgehead atoms. The predicted molar refractivity (Wildman–Crippen MR) is 61.9 cm³/mol. The van der Waals surface area contributed by atoms with E-state index in [1.165, 1.54) is 0 Å². The topological polar surface area (TPSA) is 42.9 Å². The van der Waals surface area contributed by atoms with Gasteiger partial charge in [0.05, 0.1) is 0 Å². The number of carbonyl (C=O) groups excluding carboxylic acids is 1. The largest absolute Gasteiger partial charge is 0.433 e. The fourth-order valence-corrected chi connectivity index (χ4v) is 1.56. The van der Waals surface area contributed by atoms with Crippen LogP contribution in [-0.2, 0) is 12.4 Å². The number of pyridine rings is 2. The first-order chi connectivity index (χ1) is 10.1. The van der Waals surface area contributed by atoms with Crippen molar-refractivity contribution in [2.24, 2.45) is 0 Å². The minimum Gasteiger partial charge on any atom is -0.288 e. The maximum Gasteiger partial charge on any atom is 0.433 e. The second-order valence-electron chi connectivity index (χ2n) is 4.19. The second kappa shape index (κ2) is 5.39. The molecule has 0 aliphatic carbocycles. The van der Waals surface area contributed by atoms with Crippen LogP contribution in [0.1, 0.15) is 27.3 Å². The highest BCUT2D eigenvalue weighted by Crippen LogP contribution is 2.28. The van der Waals surface area contributed by atoms with Crippen LogP contribution in [0.2, 0.25) is 0 Å². The molecule has 0 saturated carbocycles. The van der Waals surface area contributed by atoms with Crippen LogP contribution in [0.5, 0.6) is 0 Å². The molecule has 0 saturated heterocycles. The summed E-state index contributed by atoms with van der Waals surface area (Å²) in [4.78, 5) is 18.1. The van der Waals surface area contributed by atoms with E-state index in [0.29, 0.717) is 24.5 Å². The van der Waals surface area contributed by atoms with Crippen molar-refractivity contribution in [3.05, 3.63) is 59.2 Å². The minimum atomic E-state index is -4.64. The smallest absolute Gasteiger partial charge is 0.288 e. The fraction of sp³-hybridized carbons (Fsp3) is 0.154. The summed E-state index contributed by atoms with van der Waals surface area (Å²) in [5.74, 6) is -0.776. The number of rotatable bonds is 2. The summed E-state index contributed by atoms with van der Waals surface area (Å²) in [6, 6.07) is 3.03. The zero-order valence-corrected chi connectivity index (χ0v) is 10.5. The number of carbonyl (C=O) groups is 1. The zero-order chi connectivity index (χ0) is 16.5. The summed E-state index contributed by atoms with van der Waals surface area (Å²) < 4.78 is 74.0. The van der Waals surface area contributed by atoms with Crippen LogP contribution in [0.4, 0.5) is 26.3 Å². The Hall–Kier alpha value is -2.45. The summed E-state index contributed by atoms with van der Waals surface area (Å²) in [7, 11) is 0. The van der Waals surface area contributed by atoms with Gasteiger partial charge in [-0.2, -0.15) is 26.3 Å². The normalized spacial score (nSPS) is 12.3. The van der Waals surface area contributed by atoms with Gasteiger partial charge < -0.3 is 0 Å². The SMILES string of the molecule is O=C(c1ccc(C(F)(F)F)nc1)c1ccc(C(F)(F)F)nc1. The van der Waals surface area contributed by atoms with E-state index >= 15 is 0 Å². The first-order valence-electron chi connectivity index (χ1n) is 5.70. The van der Waals surface area contributed by atoms with Gasteiger partial charge >= 0.3 is 12.4 Å². The molecule has 0 aromatic carbocycles. The number of aromatic nitrogens is 2. The molecule has 0 aliphatic heterocycles. The highest BCUT2D eigenvalue weighted by atomic mass is 19.4. The molecular formula is C13H6F6N2O. The summed E-state index contributed by atoms with van der Waals surface area (Å²) in [6.07, 6.45) is -7.86. The first-order valence-corrected chi connectivity index (χ1v) is 5.70. The van der Waals surface area contributed by atoms with Crippen LogP contribution < -0.4 is 0 Å². The van der Waals surface area contributed by atoms with E-state index in [1.807, 2.05) is 0 Å². The predicted octanol–water partition coefficient (Wildman–Crippen LogP) is 3.75. The Kier molecular flexibility index (Phi) is 3.90. The zero-order valence-electron chi connectivity index (χ0n) is 10.5. The van der Waals surface area contributed by atoms with Crippen molar-refractivity contribution in [1.29, 1.82) is 0 Å². The standard InChI is InChI=1S/C13H6F6N2O/c14-12(15,16)9-3-1-7(5-20-9)11(22)8-2-4-10(21-6-8)13(17,18)19/h1-6H. The Balaban J connectivity index is 2.25. The monoisotopic (exact) mass is 320 g/mol. The van der Waals surface area contributed by atoms with Crippen LogP contribution in [0, 0.1) is 0 Å². The van der Waals surface area contributed by atoms with Gasteiger partial charge in [-0.05, 0) is 24.3 Å². The molecule has 0 amide bonds. The van der Waals surface area contributed by atoms with Crippen molar-refractivity contribution in [3.8, 4) is 0 Å². The van der Waals surface area contributed by atoms with Gasteiger partial charge in [-0.1, -0.05) is 0 Å². The molecule has 3 nitrogen and oxygen atoms in total. The molecule has 2 rings (SSSR count). The molecule has 2 aromatic heterocycles. The van der Waals surface area contributed by atoms with E-state index in [2.05, 4.69) is 9.97 Å². The van der Waals surface area contributed by atoms with E-state index in [0.717, 1.165) is 12.1 Å². The third-order valence-electron chi connectivity index (χ3n) is 2.63. The number of hydrogen-bond donors (Lipinski definition) is 0. The highest BCUT2D eigenvalue weighted by molar-refractivity contribution is 6.08. The maximum atomic E-state index is 12.3. The van der Waals surface area contributed by atoms with E-state index in [4.69, 9.17) is 0 Å². The summed E-state index contributed by atoms with van der Waals surface area (Å²) in [6.45, 7) is 0. The molecule has 9 heteroatoms. The lowest BCUT2D eigenvalue weighted by molar-refractivity contribution is -0.141. The highest BCUT2D eigenvalue weighted by Gasteiger charge is 2.33. The number of alkyl halides is 6. The van der Waals surface area contributed by atoms with Gasteiger partial charge in [0.25, 0.3) is 0 Å². The van der Waals surface area contributed by atoms with E-state index in [-0.39, 0.29) is 11.1 Å². The fourth-order valence-electron chi connectivity index (χ4n) is 1.56. The Morgan fingerprint density at radius 1 is 0.727 bits per heavy atom. The Bertz CT molecular complexity index is 614. The van der Waals surface area contributed by atoms with Crippen LogP contribution in [0.15, 0.2) is 36.7 Å². The average Bonchev–Trinajstić information content (AvgIpc) is 2.45. The molecule has 0 N–H and O–H groups in total. The van der Waals surface area contributed by atoms with Gasteiger partial charge in [-0.25, -0.2) is 0 Å². The van der Waals surface area contributed by atoms with Crippen LogP contribution in [0.25, 0.3) is 0 Å². The second-order valence-corrected chi connectivity index (χ2v) is 4.19. The van der Waals surface area contributed by atoms with E-state index < -0.39 is 29.5 Å². The minimum absolute atomic E-state index is 0.186. The lowest BCUT2D eigenvalue weighted by atomic mass is 10.1. The van der Waals surface area contributed by atoms with Crippen LogP contribution in [-0.4, -0.2) is 15.8 Å². The maximum absolute atomic E-state index is 12.3. The van der Waals surface area contributed by atoms with Crippen molar-refractivity contribution in [1.82, 2.24) is 9.97 Å². The van der Waals surface area contributed by atoms with Gasteiger partial charge in [-0.3, -0.25) is 14.8 Å². The molecule has 0 fully saturated rings. The molecule has 0 atom stereocenters. The number of ketones is 1. The van der Waals surface area contributed by atoms with Gasteiger partial charge in [0.1, 0.15) is 11.4 Å². The quantitative estimate of drug-likeness (QED) is 0.625. The first kappa shape index (κ1) is 15.9. The van der Waals surface area contributed by atoms with Crippen molar-refractivity contribution in [2.45, 2.75) is 12.4 Å². The number of nitrogens with zero attached hydrogens (tertiary/aromatic N) is 2. The molecule has 0 spiro atoms. The van der Waals surface area contributed by atoms with Crippen molar-refractivity contribution >= 4 is 5.78 Å². The van der Waals surface area contributed by atoms with Crippen molar-refractivity contribution in [3.63, 3.8) is 0 Å². The molecule has 0 radical (unpaired) electrons. The van der Waals surface area contributed by atoms with Crippen molar-refractivity contribution < 1.29 is 31.1 Å². The van der Waals surface area contributed by atoms with Gasteiger partial charge in [-0.15, -0.1) is 0 Å².